The zero-order valence-electron chi connectivity index (χ0n) is 19.6. The average Bonchev–Trinajstić information content (AvgIpc) is 3.31. The maximum Gasteiger partial charge on any atom is 0.278 e. The van der Waals surface area contributed by atoms with E-state index in [1.165, 1.54) is 4.90 Å². The van der Waals surface area contributed by atoms with Crippen molar-refractivity contribution in [1.29, 1.82) is 5.26 Å². The van der Waals surface area contributed by atoms with Crippen LogP contribution < -0.4 is 16.0 Å². The molecule has 35 heavy (non-hydrogen) atoms. The highest BCUT2D eigenvalue weighted by Crippen LogP contribution is 2.24. The van der Waals surface area contributed by atoms with Gasteiger partial charge in [0, 0.05) is 30.2 Å². The molecule has 0 unspecified atom stereocenters. The van der Waals surface area contributed by atoms with Gasteiger partial charge in [0.25, 0.3) is 5.91 Å². The van der Waals surface area contributed by atoms with Crippen molar-refractivity contribution in [2.45, 2.75) is 19.9 Å². The third kappa shape index (κ3) is 4.88. The Balaban J connectivity index is 1.58. The molecule has 2 aromatic carbocycles. The molecular weight excluding hydrogens is 442 g/mol. The van der Waals surface area contributed by atoms with Crippen LogP contribution in [0.5, 0.6) is 0 Å². The number of rotatable bonds is 6. The van der Waals surface area contributed by atoms with Gasteiger partial charge in [0.15, 0.2) is 5.65 Å². The van der Waals surface area contributed by atoms with Crippen LogP contribution in [0.25, 0.3) is 16.9 Å². The first-order valence-electron chi connectivity index (χ1n) is 11.1. The van der Waals surface area contributed by atoms with Crippen LogP contribution in [0.15, 0.2) is 67.1 Å². The van der Waals surface area contributed by atoms with Gasteiger partial charge in [-0.05, 0) is 42.3 Å². The number of anilines is 2. The molecule has 0 aliphatic carbocycles. The molecule has 0 saturated heterocycles. The molecule has 2 aromatic heterocycles. The number of carbonyl (C=O) groups excluding carboxylic acids is 2. The van der Waals surface area contributed by atoms with Gasteiger partial charge in [0.1, 0.15) is 5.69 Å². The van der Waals surface area contributed by atoms with Crippen LogP contribution in [0, 0.1) is 17.2 Å². The van der Waals surface area contributed by atoms with Gasteiger partial charge in [-0.25, -0.2) is 9.97 Å². The van der Waals surface area contributed by atoms with Crippen LogP contribution in [0.1, 0.15) is 29.9 Å². The Kier molecular flexibility index (Phi) is 6.57. The minimum atomic E-state index is -0.584. The van der Waals surface area contributed by atoms with Crippen LogP contribution in [0.4, 0.5) is 11.4 Å². The number of hydrogen-bond acceptors (Lipinski definition) is 6. The molecule has 4 rings (SSSR count). The summed E-state index contributed by atoms with van der Waals surface area (Å²) in [6, 6.07) is 15.6. The highest BCUT2D eigenvalue weighted by atomic mass is 16.2. The number of imidazole rings is 1. The predicted molar refractivity (Wildman–Crippen MR) is 134 cm³/mol. The second kappa shape index (κ2) is 9.75. The summed E-state index contributed by atoms with van der Waals surface area (Å²) in [6.45, 7) is 3.79. The lowest BCUT2D eigenvalue weighted by Crippen LogP contribution is -2.39. The molecule has 0 bridgehead atoms. The van der Waals surface area contributed by atoms with Gasteiger partial charge >= 0.3 is 0 Å². The van der Waals surface area contributed by atoms with Crippen molar-refractivity contribution in [1.82, 2.24) is 14.4 Å². The van der Waals surface area contributed by atoms with Crippen molar-refractivity contribution in [3.8, 4) is 17.3 Å². The fraction of sp³-hybridized carbons (Fsp3) is 0.192. The summed E-state index contributed by atoms with van der Waals surface area (Å²) < 4.78 is 1.80. The Bertz CT molecular complexity index is 1420. The van der Waals surface area contributed by atoms with Crippen molar-refractivity contribution in [2.75, 3.05) is 17.3 Å². The second-order valence-corrected chi connectivity index (χ2v) is 8.50. The fourth-order valence-corrected chi connectivity index (χ4v) is 3.51. The first-order valence-corrected chi connectivity index (χ1v) is 11.1. The fourth-order valence-electron chi connectivity index (χ4n) is 3.51. The molecule has 0 fully saturated rings. The van der Waals surface area contributed by atoms with Crippen LogP contribution >= 0.6 is 0 Å². The van der Waals surface area contributed by atoms with E-state index >= 15 is 0 Å². The maximum absolute atomic E-state index is 13.1. The van der Waals surface area contributed by atoms with Gasteiger partial charge in [-0.2, -0.15) is 5.26 Å². The monoisotopic (exact) mass is 467 g/mol. The summed E-state index contributed by atoms with van der Waals surface area (Å²) in [5.41, 5.74) is 10.2. The van der Waals surface area contributed by atoms with Crippen molar-refractivity contribution in [3.63, 3.8) is 0 Å². The summed E-state index contributed by atoms with van der Waals surface area (Å²) >= 11 is 0. The second-order valence-electron chi connectivity index (χ2n) is 8.50. The van der Waals surface area contributed by atoms with E-state index in [0.717, 1.165) is 11.3 Å². The van der Waals surface area contributed by atoms with Gasteiger partial charge in [-0.15, -0.1) is 0 Å². The number of fused-ring (bicyclic) bond motifs is 1. The first-order chi connectivity index (χ1) is 16.8. The molecule has 0 aliphatic heterocycles. The summed E-state index contributed by atoms with van der Waals surface area (Å²) in [7, 11) is 1.66. The number of nitrogens with one attached hydrogen (secondary N) is 1. The molecule has 2 heterocycles. The molecule has 1 atom stereocenters. The minimum absolute atomic E-state index is 0.0360. The topological polar surface area (TPSA) is 129 Å². The predicted octanol–water partition coefficient (Wildman–Crippen LogP) is 3.47. The highest BCUT2D eigenvalue weighted by molar-refractivity contribution is 6.04. The van der Waals surface area contributed by atoms with Crippen molar-refractivity contribution in [2.24, 2.45) is 11.7 Å². The van der Waals surface area contributed by atoms with Crippen molar-refractivity contribution in [3.05, 3.63) is 78.4 Å². The minimum Gasteiger partial charge on any atom is -0.325 e. The molecule has 0 spiro atoms. The molecule has 176 valence electrons. The molecule has 4 aromatic rings. The summed E-state index contributed by atoms with van der Waals surface area (Å²) in [4.78, 5) is 35.5. The number of hydrogen-bond donors (Lipinski definition) is 2. The van der Waals surface area contributed by atoms with E-state index in [-0.39, 0.29) is 23.4 Å². The van der Waals surface area contributed by atoms with E-state index < -0.39 is 6.04 Å². The molecular formula is C26H25N7O2. The quantitative estimate of drug-likeness (QED) is 0.447. The van der Waals surface area contributed by atoms with Crippen LogP contribution in [-0.2, 0) is 4.79 Å². The third-order valence-corrected chi connectivity index (χ3v) is 5.77. The van der Waals surface area contributed by atoms with E-state index in [2.05, 4.69) is 21.4 Å². The van der Waals surface area contributed by atoms with E-state index in [1.54, 1.807) is 66.4 Å². The van der Waals surface area contributed by atoms with Gasteiger partial charge < -0.3 is 16.0 Å². The van der Waals surface area contributed by atoms with E-state index in [0.29, 0.717) is 22.6 Å². The molecule has 0 saturated carbocycles. The largest absolute Gasteiger partial charge is 0.325 e. The number of nitriles is 1. The van der Waals surface area contributed by atoms with E-state index in [9.17, 15) is 9.59 Å². The highest BCUT2D eigenvalue weighted by Gasteiger charge is 2.19. The Morgan fingerprint density at radius 2 is 1.74 bits per heavy atom. The number of benzene rings is 2. The van der Waals surface area contributed by atoms with Crippen molar-refractivity contribution < 1.29 is 9.59 Å². The summed E-state index contributed by atoms with van der Waals surface area (Å²) in [5, 5.41) is 11.8. The number of nitrogens with two attached hydrogens (primary N) is 1. The van der Waals surface area contributed by atoms with E-state index in [1.807, 2.05) is 26.0 Å². The number of aromatic nitrogens is 3. The standard InChI is InChI=1S/C26H25N7O2/c1-16(2)24(28)25(34)31-19-8-6-18(7-9-19)22-13-30-23-14-29-21(15-33(22)23)26(35)32(3)20-10-4-17(12-27)5-11-20/h4-11,13-16,24H,28H2,1-3H3,(H,31,34)/t24-/m1/s1. The number of amides is 2. The Morgan fingerprint density at radius 3 is 2.37 bits per heavy atom. The van der Waals surface area contributed by atoms with Gasteiger partial charge in [-0.3, -0.25) is 14.0 Å². The zero-order chi connectivity index (χ0) is 25.1. The first kappa shape index (κ1) is 23.6. The lowest BCUT2D eigenvalue weighted by Gasteiger charge is -2.17. The van der Waals surface area contributed by atoms with Crippen molar-refractivity contribution >= 4 is 28.8 Å². The molecule has 3 N–H and O–H groups in total. The lowest BCUT2D eigenvalue weighted by atomic mass is 10.0. The summed E-state index contributed by atoms with van der Waals surface area (Å²) in [6.07, 6.45) is 4.90. The SMILES string of the molecule is CC(C)[C@@H](N)C(=O)Nc1ccc(-c2cnc3cnc(C(=O)N(C)c4ccc(C#N)cc4)cn23)cc1. The molecule has 0 aliphatic rings. The van der Waals surface area contributed by atoms with Crippen LogP contribution in [0.2, 0.25) is 0 Å². The zero-order valence-corrected chi connectivity index (χ0v) is 19.6. The molecule has 9 heteroatoms. The van der Waals surface area contributed by atoms with Gasteiger partial charge in [0.05, 0.1) is 35.8 Å². The lowest BCUT2D eigenvalue weighted by molar-refractivity contribution is -0.118. The Labute approximate surface area is 202 Å². The van der Waals surface area contributed by atoms with Crippen LogP contribution in [0.3, 0.4) is 0 Å². The normalized spacial score (nSPS) is 11.8. The smallest absolute Gasteiger partial charge is 0.278 e. The maximum atomic E-state index is 13.1. The molecule has 0 radical (unpaired) electrons. The summed E-state index contributed by atoms with van der Waals surface area (Å²) in [5.74, 6) is -0.493. The Hall–Kier alpha value is -4.55. The van der Waals surface area contributed by atoms with Crippen LogP contribution in [-0.4, -0.2) is 39.3 Å². The average molecular weight is 468 g/mol. The third-order valence-electron chi connectivity index (χ3n) is 5.77. The van der Waals surface area contributed by atoms with Gasteiger partial charge in [-0.1, -0.05) is 26.0 Å². The van der Waals surface area contributed by atoms with Gasteiger partial charge in [0.2, 0.25) is 5.91 Å². The molecule has 2 amide bonds. The number of carbonyl (C=O) groups is 2. The number of nitrogens with zero attached hydrogens (tertiary/aromatic N) is 5. The molecule has 9 nitrogen and oxygen atoms in total. The van der Waals surface area contributed by atoms with E-state index in [4.69, 9.17) is 11.0 Å². The Morgan fingerprint density at radius 1 is 1.06 bits per heavy atom.